The molecule has 0 aromatic carbocycles. The highest BCUT2D eigenvalue weighted by molar-refractivity contribution is 6.29. The Morgan fingerprint density at radius 2 is 2.07 bits per heavy atom. The summed E-state index contributed by atoms with van der Waals surface area (Å²) >= 11 is 5.69. The molecule has 2 rings (SSSR count). The fourth-order valence-corrected chi connectivity index (χ4v) is 2.29. The first kappa shape index (κ1) is 10.7. The number of hydrogen-bond acceptors (Lipinski definition) is 3. The van der Waals surface area contributed by atoms with E-state index in [-0.39, 0.29) is 0 Å². The maximum Gasteiger partial charge on any atom is 0.151 e. The fourth-order valence-electron chi connectivity index (χ4n) is 2.19. The van der Waals surface area contributed by atoms with Crippen molar-refractivity contribution in [2.75, 3.05) is 18.5 Å². The van der Waals surface area contributed by atoms with Crippen LogP contribution in [0.1, 0.15) is 25.7 Å². The van der Waals surface area contributed by atoms with Gasteiger partial charge in [-0.25, -0.2) is 0 Å². The number of aromatic nitrogens is 2. The fraction of sp³-hybridized carbons (Fsp3) is 0.636. The second-order valence-electron chi connectivity index (χ2n) is 4.25. The molecule has 1 saturated carbocycles. The zero-order valence-electron chi connectivity index (χ0n) is 8.99. The lowest BCUT2D eigenvalue weighted by molar-refractivity contribution is 0.544. The van der Waals surface area contributed by atoms with Crippen molar-refractivity contribution < 1.29 is 0 Å². The Bertz CT molecular complexity index is 306. The molecule has 1 aromatic heterocycles. The first-order valence-corrected chi connectivity index (χ1v) is 5.84. The molecule has 3 nitrogen and oxygen atoms in total. The van der Waals surface area contributed by atoms with Crippen molar-refractivity contribution in [3.63, 3.8) is 0 Å². The third-order valence-corrected chi connectivity index (χ3v) is 3.22. The van der Waals surface area contributed by atoms with Crippen molar-refractivity contribution in [3.8, 4) is 0 Å². The largest absolute Gasteiger partial charge is 0.358 e. The van der Waals surface area contributed by atoms with E-state index < -0.39 is 0 Å². The molecule has 0 radical (unpaired) electrons. The molecule has 0 N–H and O–H groups in total. The molecule has 0 atom stereocenters. The molecule has 4 heteroatoms. The number of anilines is 1. The van der Waals surface area contributed by atoms with Gasteiger partial charge in [-0.05, 0) is 30.9 Å². The van der Waals surface area contributed by atoms with E-state index in [9.17, 15) is 0 Å². The van der Waals surface area contributed by atoms with Crippen molar-refractivity contribution in [2.45, 2.75) is 25.7 Å². The maximum absolute atomic E-state index is 5.69. The molecular weight excluding hydrogens is 210 g/mol. The summed E-state index contributed by atoms with van der Waals surface area (Å²) in [7, 11) is 2.07. The highest BCUT2D eigenvalue weighted by atomic mass is 35.5. The van der Waals surface area contributed by atoms with Crippen molar-refractivity contribution in [2.24, 2.45) is 5.92 Å². The molecule has 0 saturated heterocycles. The summed E-state index contributed by atoms with van der Waals surface area (Å²) < 4.78 is 0. The van der Waals surface area contributed by atoms with E-state index in [0.717, 1.165) is 18.3 Å². The van der Waals surface area contributed by atoms with Crippen LogP contribution < -0.4 is 4.90 Å². The zero-order chi connectivity index (χ0) is 10.7. The molecule has 1 aliphatic carbocycles. The summed E-state index contributed by atoms with van der Waals surface area (Å²) in [4.78, 5) is 2.17. The normalized spacial score (nSPS) is 16.9. The topological polar surface area (TPSA) is 29.0 Å². The molecule has 0 unspecified atom stereocenters. The molecule has 0 spiro atoms. The second-order valence-corrected chi connectivity index (χ2v) is 4.63. The third kappa shape index (κ3) is 2.81. The first-order chi connectivity index (χ1) is 7.25. The average molecular weight is 226 g/mol. The molecule has 1 aliphatic rings. The van der Waals surface area contributed by atoms with Gasteiger partial charge in [0.15, 0.2) is 11.0 Å². The molecule has 0 bridgehead atoms. The number of hydrogen-bond donors (Lipinski definition) is 0. The second kappa shape index (κ2) is 4.79. The Morgan fingerprint density at radius 1 is 1.33 bits per heavy atom. The SMILES string of the molecule is CN(CC1CCCC1)c1ccc(Cl)nn1. The van der Waals surface area contributed by atoms with Gasteiger partial charge in [-0.3, -0.25) is 0 Å². The molecule has 82 valence electrons. The minimum absolute atomic E-state index is 0.452. The first-order valence-electron chi connectivity index (χ1n) is 5.46. The molecule has 1 heterocycles. The Hall–Kier alpha value is -0.830. The van der Waals surface area contributed by atoms with E-state index in [1.54, 1.807) is 6.07 Å². The lowest BCUT2D eigenvalue weighted by Gasteiger charge is -2.21. The Kier molecular flexibility index (Phi) is 3.41. The molecular formula is C11H16ClN3. The van der Waals surface area contributed by atoms with Gasteiger partial charge < -0.3 is 4.90 Å². The number of rotatable bonds is 3. The van der Waals surface area contributed by atoms with E-state index in [4.69, 9.17) is 11.6 Å². The highest BCUT2D eigenvalue weighted by Crippen LogP contribution is 2.26. The molecule has 0 amide bonds. The predicted molar refractivity (Wildman–Crippen MR) is 62.3 cm³/mol. The predicted octanol–water partition coefficient (Wildman–Crippen LogP) is 2.76. The van der Waals surface area contributed by atoms with Gasteiger partial charge >= 0.3 is 0 Å². The van der Waals surface area contributed by atoms with Crippen LogP contribution in [0.3, 0.4) is 0 Å². The van der Waals surface area contributed by atoms with Crippen LogP contribution in [-0.2, 0) is 0 Å². The minimum Gasteiger partial charge on any atom is -0.358 e. The van der Waals surface area contributed by atoms with Gasteiger partial charge in [-0.15, -0.1) is 10.2 Å². The summed E-state index contributed by atoms with van der Waals surface area (Å²) in [6, 6.07) is 3.71. The van der Waals surface area contributed by atoms with Crippen LogP contribution in [0.2, 0.25) is 5.15 Å². The highest BCUT2D eigenvalue weighted by Gasteiger charge is 2.17. The van der Waals surface area contributed by atoms with Gasteiger partial charge in [0, 0.05) is 13.6 Å². The zero-order valence-corrected chi connectivity index (χ0v) is 9.74. The minimum atomic E-state index is 0.452. The summed E-state index contributed by atoms with van der Waals surface area (Å²) in [6.45, 7) is 1.08. The summed E-state index contributed by atoms with van der Waals surface area (Å²) in [5.74, 6) is 1.73. The lowest BCUT2D eigenvalue weighted by atomic mass is 10.1. The van der Waals surface area contributed by atoms with Crippen LogP contribution in [-0.4, -0.2) is 23.8 Å². The van der Waals surface area contributed by atoms with Gasteiger partial charge in [-0.2, -0.15) is 0 Å². The Balaban J connectivity index is 1.94. The monoisotopic (exact) mass is 225 g/mol. The van der Waals surface area contributed by atoms with Crippen molar-refractivity contribution >= 4 is 17.4 Å². The standard InChI is InChI=1S/C11H16ClN3/c1-15(8-9-4-2-3-5-9)11-7-6-10(12)13-14-11/h6-7,9H,2-5,8H2,1H3. The van der Waals surface area contributed by atoms with E-state index in [1.165, 1.54) is 25.7 Å². The van der Waals surface area contributed by atoms with Gasteiger partial charge in [-0.1, -0.05) is 24.4 Å². The van der Waals surface area contributed by atoms with E-state index in [0.29, 0.717) is 5.15 Å². The average Bonchev–Trinajstić information content (AvgIpc) is 2.71. The molecule has 0 aliphatic heterocycles. The summed E-state index contributed by atoms with van der Waals surface area (Å²) in [6.07, 6.45) is 5.46. The Morgan fingerprint density at radius 3 is 2.67 bits per heavy atom. The van der Waals surface area contributed by atoms with Crippen LogP contribution in [0.4, 0.5) is 5.82 Å². The summed E-state index contributed by atoms with van der Waals surface area (Å²) in [5, 5.41) is 8.36. The van der Waals surface area contributed by atoms with Crippen LogP contribution in [0, 0.1) is 5.92 Å². The third-order valence-electron chi connectivity index (χ3n) is 3.02. The van der Waals surface area contributed by atoms with E-state index in [1.807, 2.05) is 6.07 Å². The van der Waals surface area contributed by atoms with Crippen molar-refractivity contribution in [1.82, 2.24) is 10.2 Å². The van der Waals surface area contributed by atoms with Gasteiger partial charge in [0.05, 0.1) is 0 Å². The van der Waals surface area contributed by atoms with Gasteiger partial charge in [0.2, 0.25) is 0 Å². The van der Waals surface area contributed by atoms with Crippen LogP contribution in [0.15, 0.2) is 12.1 Å². The molecule has 1 aromatic rings. The van der Waals surface area contributed by atoms with Gasteiger partial charge in [0.25, 0.3) is 0 Å². The lowest BCUT2D eigenvalue weighted by Crippen LogP contribution is -2.25. The quantitative estimate of drug-likeness (QED) is 0.792. The molecule has 15 heavy (non-hydrogen) atoms. The van der Waals surface area contributed by atoms with Gasteiger partial charge in [0.1, 0.15) is 0 Å². The summed E-state index contributed by atoms with van der Waals surface area (Å²) in [5.41, 5.74) is 0. The number of halogens is 1. The van der Waals surface area contributed by atoms with Crippen molar-refractivity contribution in [3.05, 3.63) is 17.3 Å². The van der Waals surface area contributed by atoms with E-state index >= 15 is 0 Å². The molecule has 1 fully saturated rings. The maximum atomic E-state index is 5.69. The van der Waals surface area contributed by atoms with E-state index in [2.05, 4.69) is 22.1 Å². The number of nitrogens with zero attached hydrogens (tertiary/aromatic N) is 3. The van der Waals surface area contributed by atoms with Crippen LogP contribution in [0.25, 0.3) is 0 Å². The van der Waals surface area contributed by atoms with Crippen LogP contribution >= 0.6 is 11.6 Å². The Labute approximate surface area is 95.5 Å². The smallest absolute Gasteiger partial charge is 0.151 e. The van der Waals surface area contributed by atoms with Crippen molar-refractivity contribution in [1.29, 1.82) is 0 Å². The van der Waals surface area contributed by atoms with Crippen LogP contribution in [0.5, 0.6) is 0 Å².